The van der Waals surface area contributed by atoms with E-state index in [1.807, 2.05) is 0 Å². The maximum Gasteiger partial charge on any atom is 0.370 e. The van der Waals surface area contributed by atoms with E-state index in [2.05, 4.69) is 9.47 Å². The molecule has 0 spiro atoms. The molecule has 0 saturated heterocycles. The van der Waals surface area contributed by atoms with Crippen molar-refractivity contribution in [1.82, 2.24) is 0 Å². The van der Waals surface area contributed by atoms with Crippen LogP contribution in [0, 0.1) is 0 Å². The monoisotopic (exact) mass is 290 g/mol. The van der Waals surface area contributed by atoms with Crippen molar-refractivity contribution in [2.45, 2.75) is 45.3 Å². The Balaban J connectivity index is 3.88. The summed E-state index contributed by atoms with van der Waals surface area (Å²) < 4.78 is 9.18. The average Bonchev–Trinajstić information content (AvgIpc) is 2.35. The molecule has 0 aromatic rings. The lowest BCUT2D eigenvalue weighted by atomic mass is 10.1. The van der Waals surface area contributed by atoms with Gasteiger partial charge in [-0.05, 0) is 25.6 Å². The minimum Gasteiger partial charge on any atom is -0.428 e. The largest absolute Gasteiger partial charge is 0.428 e. The van der Waals surface area contributed by atoms with E-state index in [1.54, 1.807) is 13.8 Å². The molecule has 0 rings (SSSR count). The van der Waals surface area contributed by atoms with E-state index >= 15 is 0 Å². The Kier molecular flexibility index (Phi) is 8.86. The van der Waals surface area contributed by atoms with Gasteiger partial charge in [0.25, 0.3) is 0 Å². The predicted molar refractivity (Wildman–Crippen MR) is 69.7 cm³/mol. The minimum absolute atomic E-state index is 0.0698. The van der Waals surface area contributed by atoms with E-state index in [-0.39, 0.29) is 30.8 Å². The summed E-state index contributed by atoms with van der Waals surface area (Å²) in [5.41, 5.74) is 0. The number of Topliss-reactive ketones (excluding diaryl/α,β-unsaturated/α-hetero) is 2. The number of hydrogen-bond donors (Lipinski definition) is 0. The highest BCUT2D eigenvalue weighted by molar-refractivity contribution is 8.14. The molecule has 0 fully saturated rings. The molecule has 108 valence electrons. The predicted octanol–water partition coefficient (Wildman–Crippen LogP) is 2.09. The van der Waals surface area contributed by atoms with Crippen molar-refractivity contribution in [1.29, 1.82) is 0 Å². The van der Waals surface area contributed by atoms with Crippen molar-refractivity contribution in [3.8, 4) is 0 Å². The van der Waals surface area contributed by atoms with Gasteiger partial charge >= 0.3 is 11.3 Å². The molecule has 0 radical (unpaired) electrons. The molecule has 0 aliphatic heterocycles. The zero-order chi connectivity index (χ0) is 14.8. The molecule has 7 heteroatoms. The van der Waals surface area contributed by atoms with Crippen molar-refractivity contribution in [2.75, 3.05) is 6.79 Å². The average molecular weight is 290 g/mol. The SMILES string of the molecule is CCC(=O)OCOC(=O)SC(C)C(=O)CCC(C)=O. The third-order valence-electron chi connectivity index (χ3n) is 2.14. The molecule has 0 bridgehead atoms. The van der Waals surface area contributed by atoms with Crippen LogP contribution in [0.15, 0.2) is 0 Å². The van der Waals surface area contributed by atoms with Gasteiger partial charge in [0.15, 0.2) is 0 Å². The molecule has 0 N–H and O–H groups in total. The van der Waals surface area contributed by atoms with E-state index in [1.165, 1.54) is 6.92 Å². The van der Waals surface area contributed by atoms with Gasteiger partial charge in [0.2, 0.25) is 6.79 Å². The maximum atomic E-state index is 11.5. The molecular weight excluding hydrogens is 272 g/mol. The van der Waals surface area contributed by atoms with Crippen LogP contribution in [0.25, 0.3) is 0 Å². The summed E-state index contributed by atoms with van der Waals surface area (Å²) >= 11 is 0.705. The first-order valence-corrected chi connectivity index (χ1v) is 6.76. The summed E-state index contributed by atoms with van der Waals surface area (Å²) in [5.74, 6) is -0.731. The van der Waals surface area contributed by atoms with Crippen LogP contribution in [0.5, 0.6) is 0 Å². The lowest BCUT2D eigenvalue weighted by Gasteiger charge is -2.09. The second-order valence-corrected chi connectivity index (χ2v) is 5.09. The molecule has 0 aliphatic carbocycles. The van der Waals surface area contributed by atoms with Gasteiger partial charge in [-0.3, -0.25) is 9.59 Å². The molecule has 0 aliphatic rings. The first kappa shape index (κ1) is 17.6. The van der Waals surface area contributed by atoms with Gasteiger partial charge in [-0.1, -0.05) is 6.92 Å². The van der Waals surface area contributed by atoms with E-state index < -0.39 is 23.3 Å². The van der Waals surface area contributed by atoms with Gasteiger partial charge in [0.1, 0.15) is 11.6 Å². The third kappa shape index (κ3) is 9.24. The van der Waals surface area contributed by atoms with Gasteiger partial charge in [-0.2, -0.15) is 0 Å². The van der Waals surface area contributed by atoms with Crippen molar-refractivity contribution in [2.24, 2.45) is 0 Å². The van der Waals surface area contributed by atoms with E-state index in [0.717, 1.165) is 0 Å². The van der Waals surface area contributed by atoms with Crippen LogP contribution in [0.3, 0.4) is 0 Å². The number of esters is 1. The Morgan fingerprint density at radius 2 is 1.74 bits per heavy atom. The highest BCUT2D eigenvalue weighted by atomic mass is 32.2. The second kappa shape index (κ2) is 9.55. The lowest BCUT2D eigenvalue weighted by Crippen LogP contribution is -2.17. The van der Waals surface area contributed by atoms with E-state index in [4.69, 9.17) is 0 Å². The molecular formula is C12H18O6S. The van der Waals surface area contributed by atoms with Crippen molar-refractivity contribution < 1.29 is 28.7 Å². The number of ether oxygens (including phenoxy) is 2. The van der Waals surface area contributed by atoms with Gasteiger partial charge in [0.05, 0.1) is 5.25 Å². The van der Waals surface area contributed by atoms with Gasteiger partial charge in [-0.25, -0.2) is 4.79 Å². The number of carbonyl (C=O) groups excluding carboxylic acids is 4. The van der Waals surface area contributed by atoms with Crippen molar-refractivity contribution in [3.05, 3.63) is 0 Å². The summed E-state index contributed by atoms with van der Waals surface area (Å²) in [6.07, 6.45) is 0.485. The Morgan fingerprint density at radius 1 is 1.11 bits per heavy atom. The van der Waals surface area contributed by atoms with Crippen LogP contribution in [0.4, 0.5) is 4.79 Å². The Bertz CT molecular complexity index is 352. The number of ketones is 2. The Labute approximate surface area is 116 Å². The highest BCUT2D eigenvalue weighted by Crippen LogP contribution is 2.16. The summed E-state index contributed by atoms with van der Waals surface area (Å²) in [7, 11) is 0. The van der Waals surface area contributed by atoms with E-state index in [9.17, 15) is 19.2 Å². The fourth-order valence-electron chi connectivity index (χ4n) is 0.992. The fourth-order valence-corrected chi connectivity index (χ4v) is 1.65. The molecule has 0 heterocycles. The quantitative estimate of drug-likeness (QED) is 0.499. The van der Waals surface area contributed by atoms with Crippen LogP contribution >= 0.6 is 11.8 Å². The van der Waals surface area contributed by atoms with Gasteiger partial charge < -0.3 is 14.3 Å². The standard InChI is InChI=1S/C12H18O6S/c1-4-11(15)17-7-18-12(16)19-9(3)10(14)6-5-8(2)13/h9H,4-7H2,1-3H3. The zero-order valence-electron chi connectivity index (χ0n) is 11.3. The highest BCUT2D eigenvalue weighted by Gasteiger charge is 2.19. The maximum absolute atomic E-state index is 11.5. The summed E-state index contributed by atoms with van der Waals surface area (Å²) in [6.45, 7) is 4.13. The lowest BCUT2D eigenvalue weighted by molar-refractivity contribution is -0.150. The van der Waals surface area contributed by atoms with Crippen LogP contribution in [0.1, 0.15) is 40.0 Å². The topological polar surface area (TPSA) is 86.7 Å². The second-order valence-electron chi connectivity index (χ2n) is 3.81. The van der Waals surface area contributed by atoms with Gasteiger partial charge in [-0.15, -0.1) is 0 Å². The normalized spacial score (nSPS) is 11.5. The van der Waals surface area contributed by atoms with Crippen LogP contribution < -0.4 is 0 Å². The Morgan fingerprint density at radius 3 is 2.26 bits per heavy atom. The third-order valence-corrected chi connectivity index (χ3v) is 3.06. The number of carbonyl (C=O) groups is 4. The smallest absolute Gasteiger partial charge is 0.370 e. The molecule has 19 heavy (non-hydrogen) atoms. The van der Waals surface area contributed by atoms with E-state index in [0.29, 0.717) is 11.8 Å². The first-order valence-electron chi connectivity index (χ1n) is 5.88. The van der Waals surface area contributed by atoms with Crippen LogP contribution in [-0.2, 0) is 23.9 Å². The summed E-state index contributed by atoms with van der Waals surface area (Å²) in [6, 6.07) is 0. The van der Waals surface area contributed by atoms with Crippen molar-refractivity contribution in [3.63, 3.8) is 0 Å². The molecule has 0 saturated carbocycles. The fraction of sp³-hybridized carbons (Fsp3) is 0.667. The van der Waals surface area contributed by atoms with Crippen LogP contribution in [0.2, 0.25) is 0 Å². The molecule has 1 unspecified atom stereocenters. The first-order chi connectivity index (χ1) is 8.86. The minimum atomic E-state index is -0.687. The molecule has 6 nitrogen and oxygen atoms in total. The molecule has 1 atom stereocenters. The summed E-state index contributed by atoms with van der Waals surface area (Å²) in [4.78, 5) is 44.3. The molecule has 0 aromatic carbocycles. The van der Waals surface area contributed by atoms with Crippen LogP contribution in [-0.4, -0.2) is 34.9 Å². The molecule has 0 aromatic heterocycles. The number of thioether (sulfide) groups is 1. The number of rotatable bonds is 8. The van der Waals surface area contributed by atoms with Gasteiger partial charge in [0, 0.05) is 19.3 Å². The van der Waals surface area contributed by atoms with Crippen molar-refractivity contribution >= 4 is 34.6 Å². The zero-order valence-corrected chi connectivity index (χ0v) is 12.1. The number of hydrogen-bond acceptors (Lipinski definition) is 7. The Hall–Kier alpha value is -1.37. The summed E-state index contributed by atoms with van der Waals surface area (Å²) in [5, 5.41) is -1.28. The molecule has 0 amide bonds.